The number of aryl methyl sites for hydroxylation is 1. The van der Waals surface area contributed by atoms with Gasteiger partial charge in [-0.05, 0) is 44.2 Å². The number of benzene rings is 2. The maximum Gasteiger partial charge on any atom is 0.322 e. The van der Waals surface area contributed by atoms with Crippen LogP contribution in [-0.4, -0.2) is 33.9 Å². The molecule has 4 rings (SSSR count). The number of rotatable bonds is 6. The van der Waals surface area contributed by atoms with Crippen LogP contribution in [-0.2, 0) is 0 Å². The van der Waals surface area contributed by atoms with Crippen molar-refractivity contribution in [3.63, 3.8) is 0 Å². The number of hydrogen-bond donors (Lipinski definition) is 1. The molecule has 7 heteroatoms. The summed E-state index contributed by atoms with van der Waals surface area (Å²) in [6, 6.07) is 15.7. The fourth-order valence-corrected chi connectivity index (χ4v) is 4.16. The van der Waals surface area contributed by atoms with Gasteiger partial charge >= 0.3 is 6.03 Å². The number of thioether (sulfide) groups is 1. The fraction of sp³-hybridized carbons (Fsp3) is 0.292. The second-order valence-corrected chi connectivity index (χ2v) is 8.48. The number of allylic oxidation sites excluding steroid dienone is 1. The molecule has 2 heterocycles. The van der Waals surface area contributed by atoms with Gasteiger partial charge in [0.1, 0.15) is 0 Å². The summed E-state index contributed by atoms with van der Waals surface area (Å²) >= 11 is 1.68. The third-order valence-corrected chi connectivity index (χ3v) is 6.20. The molecule has 1 unspecified atom stereocenters. The average Bonchev–Trinajstić information content (AvgIpc) is 3.26. The summed E-state index contributed by atoms with van der Waals surface area (Å²) in [4.78, 5) is 20.5. The first-order valence-electron chi connectivity index (χ1n) is 10.4. The predicted octanol–water partition coefficient (Wildman–Crippen LogP) is 5.67. The van der Waals surface area contributed by atoms with E-state index in [4.69, 9.17) is 9.51 Å². The first kappa shape index (κ1) is 21.2. The molecule has 0 saturated carbocycles. The molecule has 1 aliphatic heterocycles. The highest BCUT2D eigenvalue weighted by molar-refractivity contribution is 7.98. The van der Waals surface area contributed by atoms with Gasteiger partial charge in [0.15, 0.2) is 0 Å². The average molecular weight is 435 g/mol. The van der Waals surface area contributed by atoms with E-state index in [9.17, 15) is 4.79 Å². The lowest BCUT2D eigenvalue weighted by Crippen LogP contribution is -2.46. The van der Waals surface area contributed by atoms with Gasteiger partial charge in [-0.15, -0.1) is 11.8 Å². The van der Waals surface area contributed by atoms with Crippen molar-refractivity contribution in [1.82, 2.24) is 20.4 Å². The molecule has 1 N–H and O–H groups in total. The smallest absolute Gasteiger partial charge is 0.322 e. The van der Waals surface area contributed by atoms with Crippen molar-refractivity contribution in [2.75, 3.05) is 12.8 Å². The van der Waals surface area contributed by atoms with Gasteiger partial charge in [-0.2, -0.15) is 4.98 Å². The number of carbonyl (C=O) groups excluding carboxylic acids is 1. The first-order valence-corrected chi connectivity index (χ1v) is 11.6. The van der Waals surface area contributed by atoms with Crippen molar-refractivity contribution >= 4 is 23.4 Å². The van der Waals surface area contributed by atoms with Crippen LogP contribution in [0.2, 0.25) is 0 Å². The summed E-state index contributed by atoms with van der Waals surface area (Å²) < 4.78 is 5.72. The molecule has 2 amide bonds. The largest absolute Gasteiger partial charge is 0.334 e. The van der Waals surface area contributed by atoms with Gasteiger partial charge in [0.05, 0.1) is 11.6 Å². The van der Waals surface area contributed by atoms with E-state index in [2.05, 4.69) is 29.5 Å². The maximum absolute atomic E-state index is 12.8. The Balaban J connectivity index is 1.79. The molecule has 3 aromatic rings. The molecule has 160 valence electrons. The third kappa shape index (κ3) is 4.23. The molecule has 2 aromatic carbocycles. The molecule has 0 aliphatic carbocycles. The lowest BCUT2D eigenvalue weighted by atomic mass is 9.94. The van der Waals surface area contributed by atoms with E-state index in [-0.39, 0.29) is 12.1 Å². The molecule has 0 spiro atoms. The summed E-state index contributed by atoms with van der Waals surface area (Å²) in [5.74, 6) is 0.957. The topological polar surface area (TPSA) is 71.3 Å². The van der Waals surface area contributed by atoms with Crippen LogP contribution in [0.1, 0.15) is 43.3 Å². The third-order valence-electron chi connectivity index (χ3n) is 5.46. The molecule has 31 heavy (non-hydrogen) atoms. The Bertz CT molecular complexity index is 1100. The zero-order valence-electron chi connectivity index (χ0n) is 18.2. The van der Waals surface area contributed by atoms with Gasteiger partial charge in [-0.1, -0.05) is 54.0 Å². The molecular weight excluding hydrogens is 408 g/mol. The predicted molar refractivity (Wildman–Crippen MR) is 124 cm³/mol. The summed E-state index contributed by atoms with van der Waals surface area (Å²) in [6.07, 6.45) is 2.89. The Morgan fingerprint density at radius 3 is 2.45 bits per heavy atom. The highest BCUT2D eigenvalue weighted by atomic mass is 32.2. The fourth-order valence-electron chi connectivity index (χ4n) is 3.75. The van der Waals surface area contributed by atoms with E-state index >= 15 is 0 Å². The van der Waals surface area contributed by atoms with Crippen molar-refractivity contribution in [3.8, 4) is 11.4 Å². The van der Waals surface area contributed by atoms with Crippen LogP contribution < -0.4 is 5.32 Å². The minimum atomic E-state index is -0.358. The summed E-state index contributed by atoms with van der Waals surface area (Å²) in [5.41, 5.74) is 4.71. The minimum absolute atomic E-state index is 0.111. The molecule has 1 aliphatic rings. The van der Waals surface area contributed by atoms with E-state index in [1.54, 1.807) is 16.7 Å². The minimum Gasteiger partial charge on any atom is -0.334 e. The van der Waals surface area contributed by atoms with Crippen LogP contribution in [0, 0.1) is 6.92 Å². The molecule has 1 aromatic heterocycles. The van der Waals surface area contributed by atoms with Crippen molar-refractivity contribution in [2.45, 2.75) is 38.1 Å². The van der Waals surface area contributed by atoms with Crippen LogP contribution in [0.3, 0.4) is 0 Å². The first-order chi connectivity index (χ1) is 15.0. The Morgan fingerprint density at radius 2 is 1.81 bits per heavy atom. The molecule has 0 radical (unpaired) electrons. The van der Waals surface area contributed by atoms with Crippen molar-refractivity contribution < 1.29 is 9.32 Å². The second-order valence-electron chi connectivity index (χ2n) is 7.60. The molecule has 0 saturated heterocycles. The number of nitrogens with zero attached hydrogens (tertiary/aromatic N) is 3. The molecule has 0 bridgehead atoms. The lowest BCUT2D eigenvalue weighted by molar-refractivity contribution is 0.205. The molecule has 0 fully saturated rings. The van der Waals surface area contributed by atoms with Crippen LogP contribution in [0.4, 0.5) is 4.79 Å². The van der Waals surface area contributed by atoms with E-state index in [0.29, 0.717) is 18.3 Å². The zero-order valence-corrected chi connectivity index (χ0v) is 19.0. The lowest BCUT2D eigenvalue weighted by Gasteiger charge is -2.35. The SMILES string of the molecule is CCCN1C(=O)NC(c2ccc(SC)cc2)C(c2nc(-c3ccc(C)cc3)no2)=C1C. The summed E-state index contributed by atoms with van der Waals surface area (Å²) in [7, 11) is 0. The molecule has 1 atom stereocenters. The summed E-state index contributed by atoms with van der Waals surface area (Å²) in [6.45, 7) is 6.66. The molecular formula is C24H26N4O2S. The Labute approximate surface area is 186 Å². The van der Waals surface area contributed by atoms with Crippen molar-refractivity contribution in [2.24, 2.45) is 0 Å². The quantitative estimate of drug-likeness (QED) is 0.506. The van der Waals surface area contributed by atoms with Gasteiger partial charge in [-0.25, -0.2) is 4.79 Å². The Morgan fingerprint density at radius 1 is 1.10 bits per heavy atom. The van der Waals surface area contributed by atoms with E-state index < -0.39 is 0 Å². The number of hydrogen-bond acceptors (Lipinski definition) is 5. The van der Waals surface area contributed by atoms with Crippen LogP contribution in [0.25, 0.3) is 17.0 Å². The van der Waals surface area contributed by atoms with Crippen LogP contribution in [0.15, 0.2) is 63.6 Å². The Hall–Kier alpha value is -3.06. The highest BCUT2D eigenvalue weighted by Crippen LogP contribution is 2.37. The second kappa shape index (κ2) is 8.98. The number of nitrogens with one attached hydrogen (secondary N) is 1. The molecule has 6 nitrogen and oxygen atoms in total. The zero-order chi connectivity index (χ0) is 22.0. The van der Waals surface area contributed by atoms with Gasteiger partial charge in [0.25, 0.3) is 5.89 Å². The van der Waals surface area contributed by atoms with Crippen LogP contribution >= 0.6 is 11.8 Å². The number of carbonyl (C=O) groups is 1. The van der Waals surface area contributed by atoms with E-state index in [1.807, 2.05) is 56.5 Å². The summed E-state index contributed by atoms with van der Waals surface area (Å²) in [5, 5.41) is 7.35. The van der Waals surface area contributed by atoms with Gasteiger partial charge in [0, 0.05) is 22.7 Å². The van der Waals surface area contributed by atoms with Gasteiger partial charge < -0.3 is 9.84 Å². The normalized spacial score (nSPS) is 16.6. The van der Waals surface area contributed by atoms with Crippen LogP contribution in [0.5, 0.6) is 0 Å². The van der Waals surface area contributed by atoms with Crippen molar-refractivity contribution in [3.05, 3.63) is 71.2 Å². The van der Waals surface area contributed by atoms with Crippen molar-refractivity contribution in [1.29, 1.82) is 0 Å². The standard InChI is InChI=1S/C24H26N4O2S/c1-5-14-28-16(3)20(21(25-24(28)29)17-10-12-19(31-4)13-11-17)23-26-22(27-30-23)18-8-6-15(2)7-9-18/h6-13,21H,5,14H2,1-4H3,(H,25,29). The van der Waals surface area contributed by atoms with E-state index in [1.165, 1.54) is 10.5 Å². The monoisotopic (exact) mass is 434 g/mol. The van der Waals surface area contributed by atoms with Gasteiger partial charge in [-0.3, -0.25) is 4.90 Å². The number of amides is 2. The highest BCUT2D eigenvalue weighted by Gasteiger charge is 2.35. The number of aromatic nitrogens is 2. The van der Waals surface area contributed by atoms with E-state index in [0.717, 1.165) is 28.8 Å². The van der Waals surface area contributed by atoms with Gasteiger partial charge in [0.2, 0.25) is 5.82 Å². The number of urea groups is 1. The maximum atomic E-state index is 12.8. The Kier molecular flexibility index (Phi) is 6.13.